The van der Waals surface area contributed by atoms with Gasteiger partial charge in [0.15, 0.2) is 0 Å². The molecule has 196 valence electrons. The van der Waals surface area contributed by atoms with Gasteiger partial charge in [0, 0.05) is 12.1 Å². The lowest BCUT2D eigenvalue weighted by Gasteiger charge is -2.33. The topological polar surface area (TPSA) is 133 Å². The zero-order valence-electron chi connectivity index (χ0n) is 22.0. The highest BCUT2D eigenvalue weighted by molar-refractivity contribution is 6.02. The number of carbonyl (C=O) groups is 4. The van der Waals surface area contributed by atoms with Gasteiger partial charge in [0.05, 0.1) is 11.7 Å². The Labute approximate surface area is 207 Å². The molecular formula is C26H40N2O7. The number of nitrogens with zero attached hydrogens (tertiary/aromatic N) is 1. The molecule has 0 aliphatic carbocycles. The summed E-state index contributed by atoms with van der Waals surface area (Å²) in [6.45, 7) is 14.8. The zero-order valence-corrected chi connectivity index (χ0v) is 22.0. The lowest BCUT2D eigenvalue weighted by Crippen LogP contribution is -2.49. The smallest absolute Gasteiger partial charge is 0.326 e. The summed E-state index contributed by atoms with van der Waals surface area (Å²) in [4.78, 5) is 51.3. The van der Waals surface area contributed by atoms with Gasteiger partial charge in [-0.05, 0) is 56.2 Å². The number of aliphatic carboxylic acids is 2. The molecule has 1 aromatic carbocycles. The van der Waals surface area contributed by atoms with E-state index in [1.54, 1.807) is 27.7 Å². The van der Waals surface area contributed by atoms with Crippen LogP contribution in [0.1, 0.15) is 82.5 Å². The van der Waals surface area contributed by atoms with Crippen molar-refractivity contribution in [1.82, 2.24) is 10.2 Å². The van der Waals surface area contributed by atoms with Gasteiger partial charge in [-0.1, -0.05) is 41.5 Å². The van der Waals surface area contributed by atoms with Crippen LogP contribution in [0.2, 0.25) is 0 Å². The third-order valence-electron chi connectivity index (χ3n) is 5.19. The predicted octanol–water partition coefficient (Wildman–Crippen LogP) is 3.91. The molecule has 3 N–H and O–H groups in total. The van der Waals surface area contributed by atoms with Crippen molar-refractivity contribution in [3.8, 4) is 5.75 Å². The van der Waals surface area contributed by atoms with Gasteiger partial charge in [0.2, 0.25) is 0 Å². The molecule has 0 saturated carbocycles. The molecule has 9 nitrogen and oxygen atoms in total. The summed E-state index contributed by atoms with van der Waals surface area (Å²) in [6.07, 6.45) is -0.0689. The molecule has 2 atom stereocenters. The standard InChI is InChI=1S/C26H40N2O7/c1-14(2)11-20(25(31)32)27-23(29)19-10-9-18(12-21(19)35-17(7)8)24(30)28(13-15(3)4)22(16(5)6)26(33)34/h9-10,12,14-17,20,22H,11,13H2,1-8H3,(H,27,29)(H,31,32)(H,33,34)/t20-,22-/m0/s1. The monoisotopic (exact) mass is 492 g/mol. The van der Waals surface area contributed by atoms with Crippen molar-refractivity contribution >= 4 is 23.8 Å². The van der Waals surface area contributed by atoms with Crippen molar-refractivity contribution in [2.75, 3.05) is 6.54 Å². The first kappa shape index (κ1) is 29.9. The number of benzene rings is 1. The second kappa shape index (κ2) is 13.1. The number of nitrogens with one attached hydrogen (secondary N) is 1. The number of hydrogen-bond donors (Lipinski definition) is 3. The minimum absolute atomic E-state index is 0.0323. The van der Waals surface area contributed by atoms with Crippen molar-refractivity contribution in [3.05, 3.63) is 29.3 Å². The lowest BCUT2D eigenvalue weighted by molar-refractivity contribution is -0.144. The minimum Gasteiger partial charge on any atom is -0.490 e. The number of carboxylic acids is 2. The Hall–Kier alpha value is -3.10. The summed E-state index contributed by atoms with van der Waals surface area (Å²) in [6, 6.07) is 2.18. The molecule has 0 spiro atoms. The van der Waals surface area contributed by atoms with E-state index in [1.165, 1.54) is 23.1 Å². The minimum atomic E-state index is -1.14. The van der Waals surface area contributed by atoms with E-state index in [2.05, 4.69) is 5.32 Å². The Morgan fingerprint density at radius 2 is 1.51 bits per heavy atom. The molecule has 1 rings (SSSR count). The summed E-state index contributed by atoms with van der Waals surface area (Å²) >= 11 is 0. The molecule has 0 aromatic heterocycles. The van der Waals surface area contributed by atoms with Crippen LogP contribution in [-0.4, -0.2) is 63.6 Å². The first-order chi connectivity index (χ1) is 16.1. The average molecular weight is 493 g/mol. The molecule has 0 radical (unpaired) electrons. The molecule has 1 aromatic rings. The van der Waals surface area contributed by atoms with Crippen molar-refractivity contribution < 1.29 is 34.1 Å². The van der Waals surface area contributed by atoms with Gasteiger partial charge in [0.25, 0.3) is 11.8 Å². The highest BCUT2D eigenvalue weighted by Crippen LogP contribution is 2.25. The molecule has 0 aliphatic rings. The van der Waals surface area contributed by atoms with Crippen LogP contribution in [0.25, 0.3) is 0 Å². The van der Waals surface area contributed by atoms with E-state index in [-0.39, 0.29) is 53.7 Å². The molecular weight excluding hydrogens is 452 g/mol. The number of rotatable bonds is 13. The van der Waals surface area contributed by atoms with E-state index in [4.69, 9.17) is 4.74 Å². The summed E-state index contributed by atoms with van der Waals surface area (Å²) in [7, 11) is 0. The Morgan fingerprint density at radius 1 is 0.914 bits per heavy atom. The highest BCUT2D eigenvalue weighted by Gasteiger charge is 2.34. The van der Waals surface area contributed by atoms with E-state index < -0.39 is 35.8 Å². The third-order valence-corrected chi connectivity index (χ3v) is 5.19. The van der Waals surface area contributed by atoms with Crippen molar-refractivity contribution in [2.24, 2.45) is 17.8 Å². The van der Waals surface area contributed by atoms with Gasteiger partial charge < -0.3 is 25.2 Å². The van der Waals surface area contributed by atoms with Crippen LogP contribution in [0.3, 0.4) is 0 Å². The maximum absolute atomic E-state index is 13.5. The normalized spacial score (nSPS) is 13.1. The number of ether oxygens (including phenoxy) is 1. The van der Waals surface area contributed by atoms with E-state index >= 15 is 0 Å². The van der Waals surface area contributed by atoms with Crippen molar-refractivity contribution in [2.45, 2.75) is 80.0 Å². The summed E-state index contributed by atoms with van der Waals surface area (Å²) in [5, 5.41) is 21.8. The quantitative estimate of drug-likeness (QED) is 0.380. The molecule has 0 unspecified atom stereocenters. The van der Waals surface area contributed by atoms with E-state index in [1.807, 2.05) is 27.7 Å². The first-order valence-electron chi connectivity index (χ1n) is 12.0. The van der Waals surface area contributed by atoms with Gasteiger partial charge in [-0.15, -0.1) is 0 Å². The predicted molar refractivity (Wildman–Crippen MR) is 133 cm³/mol. The molecule has 0 bridgehead atoms. The molecule has 2 amide bonds. The van der Waals surface area contributed by atoms with E-state index in [0.717, 1.165) is 0 Å². The maximum atomic E-state index is 13.5. The van der Waals surface area contributed by atoms with Gasteiger partial charge in [-0.25, -0.2) is 9.59 Å². The van der Waals surface area contributed by atoms with Crippen LogP contribution < -0.4 is 10.1 Å². The largest absolute Gasteiger partial charge is 0.490 e. The third kappa shape index (κ3) is 8.88. The van der Waals surface area contributed by atoms with Gasteiger partial charge in [-0.3, -0.25) is 9.59 Å². The van der Waals surface area contributed by atoms with Crippen LogP contribution in [0.4, 0.5) is 0 Å². The van der Waals surface area contributed by atoms with Crippen molar-refractivity contribution in [1.29, 1.82) is 0 Å². The number of carboxylic acid groups (broad SMARTS) is 2. The fourth-order valence-electron chi connectivity index (χ4n) is 3.78. The molecule has 0 saturated heterocycles. The fraction of sp³-hybridized carbons (Fsp3) is 0.615. The van der Waals surface area contributed by atoms with E-state index in [0.29, 0.717) is 0 Å². The Kier molecular flexibility index (Phi) is 11.2. The second-order valence-electron chi connectivity index (χ2n) is 10.2. The Bertz CT molecular complexity index is 909. The SMILES string of the molecule is CC(C)C[C@H](NC(=O)c1ccc(C(=O)N(CC(C)C)[C@H](C(=O)O)C(C)C)cc1OC(C)C)C(=O)O. The Balaban J connectivity index is 3.44. The molecule has 35 heavy (non-hydrogen) atoms. The average Bonchev–Trinajstić information content (AvgIpc) is 2.70. The van der Waals surface area contributed by atoms with Crippen LogP contribution in [0, 0.1) is 17.8 Å². The fourth-order valence-corrected chi connectivity index (χ4v) is 3.78. The maximum Gasteiger partial charge on any atom is 0.326 e. The van der Waals surface area contributed by atoms with E-state index in [9.17, 15) is 29.4 Å². The first-order valence-corrected chi connectivity index (χ1v) is 12.0. The number of amides is 2. The molecule has 0 fully saturated rings. The Morgan fingerprint density at radius 3 is 1.94 bits per heavy atom. The lowest BCUT2D eigenvalue weighted by atomic mass is 9.99. The molecule has 9 heteroatoms. The zero-order chi connectivity index (χ0) is 27.0. The summed E-state index contributed by atoms with van der Waals surface area (Å²) in [5.41, 5.74) is 0.279. The molecule has 0 aliphatic heterocycles. The van der Waals surface area contributed by atoms with Crippen molar-refractivity contribution in [3.63, 3.8) is 0 Å². The van der Waals surface area contributed by atoms with Crippen LogP contribution in [0.15, 0.2) is 18.2 Å². The van der Waals surface area contributed by atoms with Crippen LogP contribution in [-0.2, 0) is 9.59 Å². The van der Waals surface area contributed by atoms with Crippen LogP contribution in [0.5, 0.6) is 5.75 Å². The number of carbonyl (C=O) groups excluding carboxylic acids is 2. The summed E-state index contributed by atoms with van der Waals surface area (Å²) < 4.78 is 5.80. The molecule has 0 heterocycles. The van der Waals surface area contributed by atoms with Gasteiger partial charge in [-0.2, -0.15) is 0 Å². The highest BCUT2D eigenvalue weighted by atomic mass is 16.5. The summed E-state index contributed by atoms with van der Waals surface area (Å²) in [5.74, 6) is -3.45. The van der Waals surface area contributed by atoms with Crippen LogP contribution >= 0.6 is 0 Å². The van der Waals surface area contributed by atoms with Gasteiger partial charge >= 0.3 is 11.9 Å². The second-order valence-corrected chi connectivity index (χ2v) is 10.2. The number of hydrogen-bond acceptors (Lipinski definition) is 5. The van der Waals surface area contributed by atoms with Gasteiger partial charge in [0.1, 0.15) is 17.8 Å².